The van der Waals surface area contributed by atoms with Crippen molar-refractivity contribution in [3.05, 3.63) is 29.8 Å². The molecule has 1 aliphatic rings. The zero-order valence-corrected chi connectivity index (χ0v) is 9.70. The predicted octanol–water partition coefficient (Wildman–Crippen LogP) is 2.21. The van der Waals surface area contributed by atoms with E-state index in [1.54, 1.807) is 0 Å². The predicted molar refractivity (Wildman–Crippen MR) is 63.3 cm³/mol. The molecule has 1 heterocycles. The third-order valence-corrected chi connectivity index (χ3v) is 2.94. The largest absolute Gasteiger partial charge is 0.391 e. The molecular weight excluding hydrogens is 186 g/mol. The summed E-state index contributed by atoms with van der Waals surface area (Å²) in [6, 6.07) is 8.36. The van der Waals surface area contributed by atoms with E-state index in [-0.39, 0.29) is 11.6 Å². The zero-order valence-electron chi connectivity index (χ0n) is 9.70. The van der Waals surface area contributed by atoms with Crippen molar-refractivity contribution >= 4 is 5.69 Å². The van der Waals surface area contributed by atoms with Crippen LogP contribution in [0.5, 0.6) is 0 Å². The van der Waals surface area contributed by atoms with Crippen LogP contribution in [0.25, 0.3) is 0 Å². The maximum Gasteiger partial charge on any atom is 0.0756 e. The third kappa shape index (κ3) is 2.00. The average Bonchev–Trinajstić information content (AvgIpc) is 2.15. The van der Waals surface area contributed by atoms with Crippen LogP contribution < -0.4 is 4.90 Å². The van der Waals surface area contributed by atoms with Crippen LogP contribution in [0.4, 0.5) is 5.69 Å². The second kappa shape index (κ2) is 3.53. The highest BCUT2D eigenvalue weighted by Gasteiger charge is 2.29. The van der Waals surface area contributed by atoms with Crippen molar-refractivity contribution in [1.82, 2.24) is 0 Å². The number of rotatable bonds is 0. The Bertz CT molecular complexity index is 354. The number of fused-ring (bicyclic) bond motifs is 1. The van der Waals surface area contributed by atoms with E-state index in [2.05, 4.69) is 43.9 Å². The fraction of sp³-hybridized carbons (Fsp3) is 0.538. The van der Waals surface area contributed by atoms with E-state index in [0.717, 1.165) is 13.0 Å². The lowest BCUT2D eigenvalue weighted by molar-refractivity contribution is 0.167. The molecule has 0 aliphatic carbocycles. The molecule has 0 bridgehead atoms. The van der Waals surface area contributed by atoms with Crippen molar-refractivity contribution in [2.75, 3.05) is 11.4 Å². The van der Waals surface area contributed by atoms with Gasteiger partial charge >= 0.3 is 0 Å². The molecule has 1 unspecified atom stereocenters. The van der Waals surface area contributed by atoms with Gasteiger partial charge < -0.3 is 10.0 Å². The molecule has 1 N–H and O–H groups in total. The second-order valence-corrected chi connectivity index (χ2v) is 5.27. The van der Waals surface area contributed by atoms with E-state index >= 15 is 0 Å². The molecule has 0 saturated heterocycles. The molecule has 1 aromatic rings. The van der Waals surface area contributed by atoms with Crippen molar-refractivity contribution in [2.45, 2.75) is 38.8 Å². The summed E-state index contributed by atoms with van der Waals surface area (Å²) >= 11 is 0. The maximum atomic E-state index is 9.85. The molecule has 82 valence electrons. The number of hydrogen-bond acceptors (Lipinski definition) is 2. The van der Waals surface area contributed by atoms with E-state index in [1.807, 2.05) is 6.07 Å². The quantitative estimate of drug-likeness (QED) is 0.702. The van der Waals surface area contributed by atoms with Gasteiger partial charge in [0.15, 0.2) is 0 Å². The summed E-state index contributed by atoms with van der Waals surface area (Å²) in [7, 11) is 0. The molecule has 0 spiro atoms. The van der Waals surface area contributed by atoms with Crippen LogP contribution in [0.3, 0.4) is 0 Å². The second-order valence-electron chi connectivity index (χ2n) is 5.27. The summed E-state index contributed by atoms with van der Waals surface area (Å²) in [4.78, 5) is 2.29. The standard InChI is InChI=1S/C13H19NO/c1-13(2,3)14-9-11(15)8-10-6-4-5-7-12(10)14/h4-7,11,15H,8-9H2,1-3H3. The molecule has 15 heavy (non-hydrogen) atoms. The van der Waals surface area contributed by atoms with Crippen LogP contribution in [0.2, 0.25) is 0 Å². The fourth-order valence-electron chi connectivity index (χ4n) is 2.21. The normalized spacial score (nSPS) is 21.3. The van der Waals surface area contributed by atoms with Crippen LogP contribution >= 0.6 is 0 Å². The van der Waals surface area contributed by atoms with Crippen molar-refractivity contribution in [1.29, 1.82) is 0 Å². The zero-order chi connectivity index (χ0) is 11.1. The molecular formula is C13H19NO. The van der Waals surface area contributed by atoms with Gasteiger partial charge in [-0.15, -0.1) is 0 Å². The monoisotopic (exact) mass is 205 g/mol. The van der Waals surface area contributed by atoms with Gasteiger partial charge in [0, 0.05) is 24.2 Å². The summed E-state index contributed by atoms with van der Waals surface area (Å²) in [6.07, 6.45) is 0.544. The van der Waals surface area contributed by atoms with Gasteiger partial charge in [-0.05, 0) is 32.4 Å². The first kappa shape index (κ1) is 10.5. The Hall–Kier alpha value is -1.02. The number of para-hydroxylation sites is 1. The SMILES string of the molecule is CC(C)(C)N1CC(O)Cc2ccccc21. The van der Waals surface area contributed by atoms with Gasteiger partial charge in [0.05, 0.1) is 6.10 Å². The number of aliphatic hydroxyl groups excluding tert-OH is 1. The van der Waals surface area contributed by atoms with Crippen molar-refractivity contribution < 1.29 is 5.11 Å². The smallest absolute Gasteiger partial charge is 0.0756 e. The minimum absolute atomic E-state index is 0.0670. The Kier molecular flexibility index (Phi) is 2.47. The lowest BCUT2D eigenvalue weighted by Crippen LogP contribution is -2.49. The Balaban J connectivity index is 2.43. The van der Waals surface area contributed by atoms with E-state index in [1.165, 1.54) is 11.3 Å². The first-order valence-electron chi connectivity index (χ1n) is 5.52. The molecule has 1 aliphatic heterocycles. The van der Waals surface area contributed by atoms with Crippen molar-refractivity contribution in [2.24, 2.45) is 0 Å². The van der Waals surface area contributed by atoms with Gasteiger partial charge in [-0.25, -0.2) is 0 Å². The highest BCUT2D eigenvalue weighted by atomic mass is 16.3. The summed E-state index contributed by atoms with van der Waals surface area (Å²) in [5.74, 6) is 0. The summed E-state index contributed by atoms with van der Waals surface area (Å²) in [6.45, 7) is 7.28. The Morgan fingerprint density at radius 2 is 1.93 bits per heavy atom. The van der Waals surface area contributed by atoms with Gasteiger partial charge in [0.1, 0.15) is 0 Å². The first-order valence-corrected chi connectivity index (χ1v) is 5.52. The average molecular weight is 205 g/mol. The highest BCUT2D eigenvalue weighted by Crippen LogP contribution is 2.32. The van der Waals surface area contributed by atoms with Crippen LogP contribution in [-0.4, -0.2) is 23.3 Å². The van der Waals surface area contributed by atoms with Gasteiger partial charge in [0.2, 0.25) is 0 Å². The van der Waals surface area contributed by atoms with Crippen LogP contribution in [0.15, 0.2) is 24.3 Å². The van der Waals surface area contributed by atoms with E-state index in [4.69, 9.17) is 0 Å². The van der Waals surface area contributed by atoms with E-state index in [0.29, 0.717) is 0 Å². The van der Waals surface area contributed by atoms with Crippen LogP contribution in [0, 0.1) is 0 Å². The van der Waals surface area contributed by atoms with Gasteiger partial charge in [0.25, 0.3) is 0 Å². The number of anilines is 1. The molecule has 2 rings (SSSR count). The molecule has 0 amide bonds. The lowest BCUT2D eigenvalue weighted by atomic mass is 9.94. The lowest BCUT2D eigenvalue weighted by Gasteiger charge is -2.43. The van der Waals surface area contributed by atoms with E-state index < -0.39 is 0 Å². The molecule has 0 saturated carbocycles. The Labute approximate surface area is 91.5 Å². The minimum Gasteiger partial charge on any atom is -0.391 e. The summed E-state index contributed by atoms with van der Waals surface area (Å²) < 4.78 is 0. The van der Waals surface area contributed by atoms with Gasteiger partial charge in [-0.2, -0.15) is 0 Å². The number of nitrogens with zero attached hydrogens (tertiary/aromatic N) is 1. The topological polar surface area (TPSA) is 23.5 Å². The third-order valence-electron chi connectivity index (χ3n) is 2.94. The molecule has 0 fully saturated rings. The first-order chi connectivity index (χ1) is 6.98. The number of aliphatic hydroxyl groups is 1. The number of hydrogen-bond donors (Lipinski definition) is 1. The van der Waals surface area contributed by atoms with Crippen molar-refractivity contribution in [3.8, 4) is 0 Å². The number of β-amino-alcohol motifs (C(OH)–C–C–N with tert-alkyl or cyclic N) is 1. The molecule has 1 atom stereocenters. The molecule has 2 nitrogen and oxygen atoms in total. The van der Waals surface area contributed by atoms with E-state index in [9.17, 15) is 5.11 Å². The van der Waals surface area contributed by atoms with Gasteiger partial charge in [-0.1, -0.05) is 18.2 Å². The van der Waals surface area contributed by atoms with Gasteiger partial charge in [-0.3, -0.25) is 0 Å². The van der Waals surface area contributed by atoms with Crippen LogP contribution in [-0.2, 0) is 6.42 Å². The molecule has 0 aromatic heterocycles. The number of benzene rings is 1. The minimum atomic E-state index is -0.237. The molecule has 0 radical (unpaired) electrons. The summed E-state index contributed by atoms with van der Waals surface area (Å²) in [5, 5.41) is 9.85. The molecule has 2 heteroatoms. The Morgan fingerprint density at radius 1 is 1.27 bits per heavy atom. The Morgan fingerprint density at radius 3 is 2.60 bits per heavy atom. The highest BCUT2D eigenvalue weighted by molar-refractivity contribution is 5.57. The summed E-state index contributed by atoms with van der Waals surface area (Å²) in [5.41, 5.74) is 2.60. The molecule has 1 aromatic carbocycles. The fourth-order valence-corrected chi connectivity index (χ4v) is 2.21. The van der Waals surface area contributed by atoms with Crippen LogP contribution in [0.1, 0.15) is 26.3 Å². The maximum absolute atomic E-state index is 9.85. The van der Waals surface area contributed by atoms with Crippen molar-refractivity contribution in [3.63, 3.8) is 0 Å².